The minimum atomic E-state index is -3.12. The predicted molar refractivity (Wildman–Crippen MR) is 80.3 cm³/mol. The predicted octanol–water partition coefficient (Wildman–Crippen LogP) is 4.53. The summed E-state index contributed by atoms with van der Waals surface area (Å²) in [6, 6.07) is 1.93. The highest BCUT2D eigenvalue weighted by Crippen LogP contribution is 2.45. The van der Waals surface area contributed by atoms with Crippen molar-refractivity contribution in [2.24, 2.45) is 0 Å². The van der Waals surface area contributed by atoms with Crippen molar-refractivity contribution < 1.29 is 8.42 Å². The van der Waals surface area contributed by atoms with Gasteiger partial charge in [0.1, 0.15) is 0 Å². The standard InChI is InChI=1S/C9H11Br3O2S2/c1-9(2,16(3,13)14)7(11)6-4-5(10)8(12)15-6/h4,7H,1-3H3. The Balaban J connectivity index is 3.17. The average molecular weight is 455 g/mol. The molecule has 0 aliphatic heterocycles. The summed E-state index contributed by atoms with van der Waals surface area (Å²) in [6.45, 7) is 3.45. The van der Waals surface area contributed by atoms with Gasteiger partial charge in [-0.15, -0.1) is 11.3 Å². The quantitative estimate of drug-likeness (QED) is 0.629. The topological polar surface area (TPSA) is 34.1 Å². The van der Waals surface area contributed by atoms with Crippen LogP contribution in [0.2, 0.25) is 0 Å². The maximum Gasteiger partial charge on any atom is 0.154 e. The molecule has 0 saturated heterocycles. The molecule has 0 aromatic carbocycles. The molecule has 0 N–H and O–H groups in total. The molecule has 1 aromatic heterocycles. The Morgan fingerprint density at radius 1 is 1.38 bits per heavy atom. The van der Waals surface area contributed by atoms with Crippen molar-refractivity contribution in [1.82, 2.24) is 0 Å². The lowest BCUT2D eigenvalue weighted by atomic mass is 10.1. The molecule has 92 valence electrons. The van der Waals surface area contributed by atoms with Crippen LogP contribution in [0.4, 0.5) is 0 Å². The molecule has 7 heteroatoms. The normalized spacial score (nSPS) is 15.1. The van der Waals surface area contributed by atoms with Gasteiger partial charge in [0.15, 0.2) is 9.84 Å². The van der Waals surface area contributed by atoms with Gasteiger partial charge in [0, 0.05) is 15.6 Å². The fourth-order valence-corrected chi connectivity index (χ4v) is 5.28. The smallest absolute Gasteiger partial charge is 0.154 e. The molecule has 1 unspecified atom stereocenters. The van der Waals surface area contributed by atoms with E-state index in [1.807, 2.05) is 6.07 Å². The average Bonchev–Trinajstić information content (AvgIpc) is 2.43. The van der Waals surface area contributed by atoms with E-state index in [4.69, 9.17) is 0 Å². The number of rotatable bonds is 3. The van der Waals surface area contributed by atoms with Crippen molar-refractivity contribution in [3.8, 4) is 0 Å². The first-order valence-corrected chi connectivity index (χ1v) is 9.56. The van der Waals surface area contributed by atoms with Crippen LogP contribution >= 0.6 is 59.1 Å². The van der Waals surface area contributed by atoms with Crippen LogP contribution in [-0.2, 0) is 9.84 Å². The van der Waals surface area contributed by atoms with Gasteiger partial charge in [0.05, 0.1) is 13.4 Å². The van der Waals surface area contributed by atoms with E-state index in [1.54, 1.807) is 13.8 Å². The van der Waals surface area contributed by atoms with Crippen LogP contribution in [0.3, 0.4) is 0 Å². The molecule has 1 aromatic rings. The summed E-state index contributed by atoms with van der Waals surface area (Å²) in [7, 11) is -3.12. The highest BCUT2D eigenvalue weighted by molar-refractivity contribution is 9.13. The Kier molecular flexibility index (Phi) is 4.73. The van der Waals surface area contributed by atoms with E-state index < -0.39 is 14.6 Å². The molecule has 16 heavy (non-hydrogen) atoms. The molecule has 0 fully saturated rings. The molecule has 1 atom stereocenters. The summed E-state index contributed by atoms with van der Waals surface area (Å²) >= 11 is 11.8. The van der Waals surface area contributed by atoms with Crippen LogP contribution in [0, 0.1) is 0 Å². The molecule has 1 rings (SSSR count). The van der Waals surface area contributed by atoms with E-state index in [-0.39, 0.29) is 4.83 Å². The van der Waals surface area contributed by atoms with Crippen LogP contribution in [0.1, 0.15) is 23.6 Å². The van der Waals surface area contributed by atoms with E-state index >= 15 is 0 Å². The Bertz CT molecular complexity index is 471. The molecular weight excluding hydrogens is 444 g/mol. The minimum Gasteiger partial charge on any atom is -0.229 e. The third kappa shape index (κ3) is 2.91. The van der Waals surface area contributed by atoms with Crippen molar-refractivity contribution in [2.75, 3.05) is 6.26 Å². The van der Waals surface area contributed by atoms with Gasteiger partial charge < -0.3 is 0 Å². The number of hydrogen-bond donors (Lipinski definition) is 0. The minimum absolute atomic E-state index is 0.220. The first-order valence-electron chi connectivity index (χ1n) is 4.35. The first kappa shape index (κ1) is 15.1. The zero-order chi connectivity index (χ0) is 12.7. The van der Waals surface area contributed by atoms with Crippen LogP contribution in [0.5, 0.6) is 0 Å². The van der Waals surface area contributed by atoms with Gasteiger partial charge in [0.2, 0.25) is 0 Å². The van der Waals surface area contributed by atoms with E-state index in [0.29, 0.717) is 0 Å². The second-order valence-electron chi connectivity index (χ2n) is 4.01. The summed E-state index contributed by atoms with van der Waals surface area (Å²) in [4.78, 5) is 0.761. The van der Waals surface area contributed by atoms with Crippen molar-refractivity contribution in [3.63, 3.8) is 0 Å². The van der Waals surface area contributed by atoms with Crippen molar-refractivity contribution in [1.29, 1.82) is 0 Å². The number of halogens is 3. The number of alkyl halides is 1. The summed E-state index contributed by atoms with van der Waals surface area (Å²) < 4.78 is 24.5. The van der Waals surface area contributed by atoms with Gasteiger partial charge in [-0.1, -0.05) is 15.9 Å². The van der Waals surface area contributed by atoms with Crippen LogP contribution in [0.15, 0.2) is 14.3 Å². The number of sulfone groups is 1. The molecule has 0 saturated carbocycles. The largest absolute Gasteiger partial charge is 0.229 e. The zero-order valence-corrected chi connectivity index (χ0v) is 15.3. The highest BCUT2D eigenvalue weighted by Gasteiger charge is 2.39. The van der Waals surface area contributed by atoms with E-state index in [2.05, 4.69) is 47.8 Å². The van der Waals surface area contributed by atoms with E-state index in [9.17, 15) is 8.42 Å². The molecule has 1 heterocycles. The van der Waals surface area contributed by atoms with Gasteiger partial charge >= 0.3 is 0 Å². The fourth-order valence-electron chi connectivity index (χ4n) is 1.02. The number of thiophene rings is 1. The summed E-state index contributed by atoms with van der Waals surface area (Å²) in [6.07, 6.45) is 1.26. The van der Waals surface area contributed by atoms with Gasteiger partial charge in [-0.3, -0.25) is 0 Å². The molecule has 0 radical (unpaired) electrons. The van der Waals surface area contributed by atoms with Gasteiger partial charge in [-0.05, 0) is 51.8 Å². The van der Waals surface area contributed by atoms with Crippen molar-refractivity contribution >= 4 is 69.0 Å². The van der Waals surface area contributed by atoms with Gasteiger partial charge in [0.25, 0.3) is 0 Å². The van der Waals surface area contributed by atoms with E-state index in [0.717, 1.165) is 13.1 Å². The zero-order valence-electron chi connectivity index (χ0n) is 8.92. The van der Waals surface area contributed by atoms with Crippen LogP contribution < -0.4 is 0 Å². The van der Waals surface area contributed by atoms with Crippen LogP contribution in [0.25, 0.3) is 0 Å². The molecule has 0 aliphatic rings. The molecule has 0 amide bonds. The summed E-state index contributed by atoms with van der Waals surface area (Å²) in [5, 5.41) is 0. The molecule has 0 aliphatic carbocycles. The molecule has 2 nitrogen and oxygen atoms in total. The third-order valence-corrected chi connectivity index (χ3v) is 10.2. The van der Waals surface area contributed by atoms with Crippen molar-refractivity contribution in [2.45, 2.75) is 23.4 Å². The second-order valence-corrected chi connectivity index (χ2v) is 10.8. The lowest BCUT2D eigenvalue weighted by Gasteiger charge is -2.27. The lowest BCUT2D eigenvalue weighted by Crippen LogP contribution is -2.34. The van der Waals surface area contributed by atoms with Gasteiger partial charge in [-0.25, -0.2) is 8.42 Å². The molecule has 0 spiro atoms. The maximum absolute atomic E-state index is 11.7. The first-order chi connectivity index (χ1) is 7.07. The lowest BCUT2D eigenvalue weighted by molar-refractivity contribution is 0.550. The van der Waals surface area contributed by atoms with Gasteiger partial charge in [-0.2, -0.15) is 0 Å². The third-order valence-electron chi connectivity index (χ3n) is 2.48. The van der Waals surface area contributed by atoms with Crippen LogP contribution in [-0.4, -0.2) is 19.4 Å². The monoisotopic (exact) mass is 452 g/mol. The Morgan fingerprint density at radius 2 is 1.88 bits per heavy atom. The second kappa shape index (κ2) is 4.99. The molecular formula is C9H11Br3O2S2. The Morgan fingerprint density at radius 3 is 2.19 bits per heavy atom. The summed E-state index contributed by atoms with van der Waals surface area (Å²) in [5.41, 5.74) is 0. The number of hydrogen-bond acceptors (Lipinski definition) is 3. The fraction of sp³-hybridized carbons (Fsp3) is 0.556. The Labute approximate surface area is 125 Å². The van der Waals surface area contributed by atoms with Crippen molar-refractivity contribution in [3.05, 3.63) is 19.2 Å². The Hall–Kier alpha value is 1.09. The SMILES string of the molecule is CC(C)(C(Br)c1cc(Br)c(Br)s1)S(C)(=O)=O. The highest BCUT2D eigenvalue weighted by atomic mass is 79.9. The maximum atomic E-state index is 11.7. The van der Waals surface area contributed by atoms with E-state index in [1.165, 1.54) is 17.6 Å². The molecule has 0 bridgehead atoms. The summed E-state index contributed by atoms with van der Waals surface area (Å²) in [5.74, 6) is 0.